The van der Waals surface area contributed by atoms with Crippen LogP contribution in [0, 0.1) is 0 Å². The maximum Gasteiger partial charge on any atom is 0.226 e. The summed E-state index contributed by atoms with van der Waals surface area (Å²) in [5.74, 6) is 2.83. The molecule has 6 aromatic rings. The summed E-state index contributed by atoms with van der Waals surface area (Å²) in [6, 6.07) is 19.6. The quantitative estimate of drug-likeness (QED) is 0.251. The third kappa shape index (κ3) is 4.87. The number of fused-ring (bicyclic) bond motifs is 1. The lowest BCUT2D eigenvalue weighted by atomic mass is 10.1. The van der Waals surface area contributed by atoms with Crippen LogP contribution in [-0.4, -0.2) is 38.8 Å². The third-order valence-electron chi connectivity index (χ3n) is 6.18. The largest absolute Gasteiger partial charge is 0.493 e. The number of methoxy groups -OCH3 is 2. The van der Waals surface area contributed by atoms with Crippen molar-refractivity contribution in [3.05, 3.63) is 89.1 Å². The van der Waals surface area contributed by atoms with E-state index in [-0.39, 0.29) is 0 Å². The highest BCUT2D eigenvalue weighted by Gasteiger charge is 2.21. The van der Waals surface area contributed by atoms with E-state index in [0.717, 1.165) is 27.3 Å². The molecule has 6 rings (SSSR count). The van der Waals surface area contributed by atoms with E-state index in [2.05, 4.69) is 22.4 Å². The predicted octanol–water partition coefficient (Wildman–Crippen LogP) is 5.31. The van der Waals surface area contributed by atoms with Gasteiger partial charge in [0.25, 0.3) is 0 Å². The van der Waals surface area contributed by atoms with Crippen LogP contribution in [0.25, 0.3) is 28.5 Å². The van der Waals surface area contributed by atoms with E-state index >= 15 is 0 Å². The van der Waals surface area contributed by atoms with Gasteiger partial charge in [0.2, 0.25) is 11.8 Å². The van der Waals surface area contributed by atoms with Crippen molar-refractivity contribution in [2.75, 3.05) is 25.3 Å². The van der Waals surface area contributed by atoms with Gasteiger partial charge in [0.15, 0.2) is 28.0 Å². The Morgan fingerprint density at radius 2 is 1.82 bits per heavy atom. The smallest absolute Gasteiger partial charge is 0.226 e. The molecule has 0 saturated heterocycles. The van der Waals surface area contributed by atoms with E-state index in [1.807, 2.05) is 42.5 Å². The van der Waals surface area contributed by atoms with Crippen LogP contribution in [0.5, 0.6) is 11.5 Å². The van der Waals surface area contributed by atoms with Gasteiger partial charge in [-0.2, -0.15) is 4.52 Å². The van der Waals surface area contributed by atoms with Gasteiger partial charge in [-0.25, -0.2) is 15.0 Å². The van der Waals surface area contributed by atoms with Crippen LogP contribution in [0.2, 0.25) is 0 Å². The topological polar surface area (TPSA) is 126 Å². The number of hydrogen-bond acceptors (Lipinski definition) is 10. The number of ether oxygens (including phenoxy) is 2. The van der Waals surface area contributed by atoms with Crippen LogP contribution < -0.4 is 20.5 Å². The van der Waals surface area contributed by atoms with Crippen molar-refractivity contribution in [2.24, 2.45) is 0 Å². The summed E-state index contributed by atoms with van der Waals surface area (Å²) >= 11 is 1.46. The van der Waals surface area contributed by atoms with Crippen molar-refractivity contribution in [3.8, 4) is 34.3 Å². The standard InChI is InChI=1S/C28H25N7O3S/c1-36-20-11-10-18(13-22(20)37-2)15-30-28-31-16-19(26-33-25(34-35(26)28)21-9-6-12-38-21)24-23(39-27(29)32-24)14-17-7-4-3-5-8-17/h3-13,16H,14-15H2,1-2H3,(H2,29,32)(H,30,31). The number of benzene rings is 2. The molecule has 3 N–H and O–H groups in total. The van der Waals surface area contributed by atoms with Gasteiger partial charge in [-0.3, -0.25) is 0 Å². The third-order valence-corrected chi connectivity index (χ3v) is 7.07. The first-order chi connectivity index (χ1) is 19.1. The van der Waals surface area contributed by atoms with Crippen molar-refractivity contribution >= 4 is 28.1 Å². The maximum atomic E-state index is 6.18. The molecule has 39 heavy (non-hydrogen) atoms. The van der Waals surface area contributed by atoms with Gasteiger partial charge in [-0.1, -0.05) is 36.4 Å². The molecule has 10 nitrogen and oxygen atoms in total. The first-order valence-electron chi connectivity index (χ1n) is 12.2. The fourth-order valence-corrected chi connectivity index (χ4v) is 5.20. The number of hydrogen-bond donors (Lipinski definition) is 2. The Hall–Kier alpha value is -4.90. The second-order valence-corrected chi connectivity index (χ2v) is 9.79. The van der Waals surface area contributed by atoms with E-state index < -0.39 is 0 Å². The Kier molecular flexibility index (Phi) is 6.55. The van der Waals surface area contributed by atoms with Crippen LogP contribution in [0.15, 0.2) is 77.5 Å². The molecule has 0 aliphatic carbocycles. The van der Waals surface area contributed by atoms with E-state index in [4.69, 9.17) is 34.7 Å². The lowest BCUT2D eigenvalue weighted by molar-refractivity contribution is 0.354. The van der Waals surface area contributed by atoms with Gasteiger partial charge in [-0.05, 0) is 35.4 Å². The second kappa shape index (κ2) is 10.5. The van der Waals surface area contributed by atoms with Crippen LogP contribution in [0.3, 0.4) is 0 Å². The summed E-state index contributed by atoms with van der Waals surface area (Å²) in [7, 11) is 3.22. The molecule has 0 radical (unpaired) electrons. The van der Waals surface area contributed by atoms with E-state index in [0.29, 0.717) is 52.8 Å². The Bertz CT molecular complexity index is 1730. The summed E-state index contributed by atoms with van der Waals surface area (Å²) in [5.41, 5.74) is 10.4. The van der Waals surface area contributed by atoms with Gasteiger partial charge < -0.3 is 24.9 Å². The molecular formula is C28H25N7O3S. The molecule has 0 atom stereocenters. The molecule has 0 bridgehead atoms. The minimum atomic E-state index is 0.441. The van der Waals surface area contributed by atoms with Crippen LogP contribution in [0.4, 0.5) is 11.1 Å². The molecule has 4 aromatic heterocycles. The van der Waals surface area contributed by atoms with Crippen molar-refractivity contribution in [3.63, 3.8) is 0 Å². The Morgan fingerprint density at radius 1 is 0.974 bits per heavy atom. The Labute approximate surface area is 228 Å². The van der Waals surface area contributed by atoms with Crippen LogP contribution >= 0.6 is 11.3 Å². The number of thiazole rings is 1. The van der Waals surface area contributed by atoms with Crippen LogP contribution in [-0.2, 0) is 13.0 Å². The summed E-state index contributed by atoms with van der Waals surface area (Å²) in [5, 5.41) is 8.57. The minimum absolute atomic E-state index is 0.441. The van der Waals surface area contributed by atoms with Gasteiger partial charge in [-0.15, -0.1) is 16.4 Å². The summed E-state index contributed by atoms with van der Waals surface area (Å²) in [6.07, 6.45) is 4.04. The monoisotopic (exact) mass is 539 g/mol. The zero-order valence-electron chi connectivity index (χ0n) is 21.3. The maximum absolute atomic E-state index is 6.18. The SMILES string of the molecule is COc1ccc(CNc2ncc(-c3nc(N)sc3Cc3ccccc3)c3nc(-c4ccco4)nn23)cc1OC. The molecule has 2 aromatic carbocycles. The minimum Gasteiger partial charge on any atom is -0.493 e. The average molecular weight is 540 g/mol. The van der Waals surface area contributed by atoms with Gasteiger partial charge >= 0.3 is 0 Å². The zero-order chi connectivity index (χ0) is 26.8. The van der Waals surface area contributed by atoms with Crippen molar-refractivity contribution in [1.29, 1.82) is 0 Å². The van der Waals surface area contributed by atoms with Gasteiger partial charge in [0.05, 0.1) is 31.7 Å². The number of anilines is 2. The van der Waals surface area contributed by atoms with Crippen molar-refractivity contribution < 1.29 is 13.9 Å². The number of rotatable bonds is 9. The summed E-state index contributed by atoms with van der Waals surface area (Å²) in [4.78, 5) is 15.2. The van der Waals surface area contributed by atoms with E-state index in [9.17, 15) is 0 Å². The molecular weight excluding hydrogens is 514 g/mol. The Morgan fingerprint density at radius 3 is 2.59 bits per heavy atom. The number of nitrogen functional groups attached to an aromatic ring is 1. The Balaban J connectivity index is 1.40. The van der Waals surface area contributed by atoms with Crippen molar-refractivity contribution in [2.45, 2.75) is 13.0 Å². The number of nitrogens with two attached hydrogens (primary N) is 1. The molecule has 196 valence electrons. The molecule has 0 aliphatic heterocycles. The molecule has 0 saturated carbocycles. The molecule has 11 heteroatoms. The molecule has 0 fully saturated rings. The van der Waals surface area contributed by atoms with Gasteiger partial charge in [0, 0.05) is 24.0 Å². The first-order valence-corrected chi connectivity index (χ1v) is 13.0. The van der Waals surface area contributed by atoms with E-state index in [1.54, 1.807) is 37.3 Å². The number of nitrogens with zero attached hydrogens (tertiary/aromatic N) is 5. The summed E-state index contributed by atoms with van der Waals surface area (Å²) < 4.78 is 18.0. The van der Waals surface area contributed by atoms with Crippen molar-refractivity contribution in [1.82, 2.24) is 24.6 Å². The molecule has 0 amide bonds. The number of nitrogens with one attached hydrogen (secondary N) is 1. The first kappa shape index (κ1) is 24.4. The summed E-state index contributed by atoms with van der Waals surface area (Å²) in [6.45, 7) is 0.473. The highest BCUT2D eigenvalue weighted by atomic mass is 32.1. The lowest BCUT2D eigenvalue weighted by Crippen LogP contribution is -2.08. The zero-order valence-corrected chi connectivity index (χ0v) is 22.1. The molecule has 0 aliphatic rings. The fraction of sp³-hybridized carbons (Fsp3) is 0.143. The van der Waals surface area contributed by atoms with Crippen LogP contribution in [0.1, 0.15) is 16.0 Å². The number of furan rings is 1. The highest BCUT2D eigenvalue weighted by Crippen LogP contribution is 2.35. The normalized spacial score (nSPS) is 11.1. The highest BCUT2D eigenvalue weighted by molar-refractivity contribution is 7.15. The molecule has 0 spiro atoms. The van der Waals surface area contributed by atoms with Gasteiger partial charge in [0.1, 0.15) is 0 Å². The predicted molar refractivity (Wildman–Crippen MR) is 150 cm³/mol. The lowest BCUT2D eigenvalue weighted by Gasteiger charge is -2.12. The fourth-order valence-electron chi connectivity index (χ4n) is 4.32. The molecule has 0 unspecified atom stereocenters. The average Bonchev–Trinajstić information content (AvgIpc) is 3.72. The second-order valence-electron chi connectivity index (χ2n) is 8.67. The molecule has 4 heterocycles. The van der Waals surface area contributed by atoms with E-state index in [1.165, 1.54) is 11.3 Å². The number of aromatic nitrogens is 5.